The molecule has 1 N–H and O–H groups in total. The zero-order valence-corrected chi connectivity index (χ0v) is 11.7. The number of sulfone groups is 1. The maximum absolute atomic E-state index is 11.6. The molecule has 110 valence electrons. The van der Waals surface area contributed by atoms with Gasteiger partial charge < -0.3 is 5.11 Å². The summed E-state index contributed by atoms with van der Waals surface area (Å²) < 4.78 is 24.7. The molecule has 8 nitrogen and oxygen atoms in total. The zero-order chi connectivity index (χ0) is 14.3. The second kappa shape index (κ2) is 4.80. The Morgan fingerprint density at radius 2 is 2.15 bits per heavy atom. The summed E-state index contributed by atoms with van der Waals surface area (Å²) in [4.78, 5) is 11.0. The first kappa shape index (κ1) is 13.5. The van der Waals surface area contributed by atoms with E-state index in [2.05, 4.69) is 15.5 Å². The first-order chi connectivity index (χ1) is 9.46. The van der Waals surface area contributed by atoms with Crippen LogP contribution in [0.3, 0.4) is 0 Å². The monoisotopic (exact) mass is 300 g/mol. The van der Waals surface area contributed by atoms with Gasteiger partial charge in [-0.3, -0.25) is 4.79 Å². The Morgan fingerprint density at radius 1 is 1.40 bits per heavy atom. The van der Waals surface area contributed by atoms with Gasteiger partial charge in [-0.25, -0.2) is 13.1 Å². The van der Waals surface area contributed by atoms with Gasteiger partial charge in [0.1, 0.15) is 0 Å². The minimum Gasteiger partial charge on any atom is -0.481 e. The quantitative estimate of drug-likeness (QED) is 0.813. The highest BCUT2D eigenvalue weighted by atomic mass is 32.2. The van der Waals surface area contributed by atoms with E-state index in [0.29, 0.717) is 12.2 Å². The van der Waals surface area contributed by atoms with Crippen LogP contribution in [0.1, 0.15) is 43.5 Å². The van der Waals surface area contributed by atoms with Crippen molar-refractivity contribution in [2.24, 2.45) is 5.92 Å². The fraction of sp³-hybridized carbons (Fsp3) is 0.818. The molecular formula is C11H16N4O4S. The van der Waals surface area contributed by atoms with Crippen LogP contribution in [0, 0.1) is 5.92 Å². The van der Waals surface area contributed by atoms with E-state index in [1.807, 2.05) is 0 Å². The molecule has 0 amide bonds. The van der Waals surface area contributed by atoms with Gasteiger partial charge in [0, 0.05) is 5.92 Å². The van der Waals surface area contributed by atoms with Crippen LogP contribution in [0.2, 0.25) is 0 Å². The van der Waals surface area contributed by atoms with E-state index in [4.69, 9.17) is 5.11 Å². The van der Waals surface area contributed by atoms with Crippen LogP contribution < -0.4 is 0 Å². The van der Waals surface area contributed by atoms with Gasteiger partial charge in [-0.15, -0.1) is 5.10 Å². The topological polar surface area (TPSA) is 115 Å². The van der Waals surface area contributed by atoms with Crippen molar-refractivity contribution in [1.29, 1.82) is 0 Å². The highest BCUT2D eigenvalue weighted by molar-refractivity contribution is 7.91. The molecular weight excluding hydrogens is 284 g/mol. The van der Waals surface area contributed by atoms with E-state index < -0.39 is 15.8 Å². The molecule has 9 heteroatoms. The van der Waals surface area contributed by atoms with Crippen LogP contribution in [0.15, 0.2) is 0 Å². The molecule has 0 spiro atoms. The van der Waals surface area contributed by atoms with Gasteiger partial charge in [0.25, 0.3) is 0 Å². The Labute approximate surface area is 116 Å². The number of carboxylic acids is 1. The molecule has 0 aromatic carbocycles. The number of hydrogen-bond acceptors (Lipinski definition) is 6. The Morgan fingerprint density at radius 3 is 2.70 bits per heavy atom. The van der Waals surface area contributed by atoms with Gasteiger partial charge in [0.05, 0.1) is 24.0 Å². The Bertz CT molecular complexity index is 622. The fourth-order valence-corrected chi connectivity index (χ4v) is 4.56. The molecule has 1 aliphatic carbocycles. The normalized spacial score (nSPS) is 26.5. The lowest BCUT2D eigenvalue weighted by molar-refractivity contribution is -0.138. The third kappa shape index (κ3) is 2.67. The summed E-state index contributed by atoms with van der Waals surface area (Å²) in [7, 11) is -3.02. The molecule has 1 aromatic heterocycles. The summed E-state index contributed by atoms with van der Waals surface area (Å²) in [5.74, 6) is -0.0990. The molecule has 2 atom stereocenters. The third-order valence-corrected chi connectivity index (χ3v) is 5.75. The first-order valence-corrected chi connectivity index (χ1v) is 8.48. The SMILES string of the molecule is O=C(O)CC(C1CC1)n1nnnc1C1CCS(=O)(=O)C1. The minimum atomic E-state index is -3.02. The Kier molecular flexibility index (Phi) is 3.23. The van der Waals surface area contributed by atoms with Gasteiger partial charge >= 0.3 is 5.97 Å². The van der Waals surface area contributed by atoms with Crippen molar-refractivity contribution in [3.8, 4) is 0 Å². The largest absolute Gasteiger partial charge is 0.481 e. The molecule has 1 aromatic rings. The molecule has 0 bridgehead atoms. The molecule has 2 heterocycles. The van der Waals surface area contributed by atoms with Gasteiger partial charge in [-0.1, -0.05) is 0 Å². The van der Waals surface area contributed by atoms with Gasteiger partial charge in [0.2, 0.25) is 0 Å². The highest BCUT2D eigenvalue weighted by Crippen LogP contribution is 2.42. The van der Waals surface area contributed by atoms with Crippen LogP contribution in [-0.4, -0.2) is 51.2 Å². The zero-order valence-electron chi connectivity index (χ0n) is 10.8. The predicted molar refractivity (Wildman–Crippen MR) is 67.8 cm³/mol. The predicted octanol–water partition coefficient (Wildman–Crippen LogP) is 0.001000. The van der Waals surface area contributed by atoms with E-state index >= 15 is 0 Å². The van der Waals surface area contributed by atoms with Crippen molar-refractivity contribution >= 4 is 15.8 Å². The third-order valence-electron chi connectivity index (χ3n) is 3.98. The van der Waals surface area contributed by atoms with Crippen LogP contribution in [0.25, 0.3) is 0 Å². The summed E-state index contributed by atoms with van der Waals surface area (Å²) in [6, 6.07) is -0.263. The maximum atomic E-state index is 11.6. The number of hydrogen-bond donors (Lipinski definition) is 1. The maximum Gasteiger partial charge on any atom is 0.305 e. The van der Waals surface area contributed by atoms with Crippen LogP contribution in [-0.2, 0) is 14.6 Å². The molecule has 0 radical (unpaired) electrons. The number of aromatic nitrogens is 4. The van der Waals surface area contributed by atoms with E-state index in [0.717, 1.165) is 12.8 Å². The summed E-state index contributed by atoms with van der Waals surface area (Å²) in [6.07, 6.45) is 2.43. The Hall–Kier alpha value is -1.51. The molecule has 2 unspecified atom stereocenters. The minimum absolute atomic E-state index is 0.0256. The summed E-state index contributed by atoms with van der Waals surface area (Å²) >= 11 is 0. The van der Waals surface area contributed by atoms with Crippen molar-refractivity contribution in [2.75, 3.05) is 11.5 Å². The molecule has 2 aliphatic rings. The molecule has 1 saturated carbocycles. The second-order valence-corrected chi connectivity index (χ2v) is 7.81. The fourth-order valence-electron chi connectivity index (χ4n) is 2.82. The Balaban J connectivity index is 1.87. The highest BCUT2D eigenvalue weighted by Gasteiger charge is 2.39. The van der Waals surface area contributed by atoms with E-state index in [9.17, 15) is 13.2 Å². The van der Waals surface area contributed by atoms with Crippen molar-refractivity contribution in [1.82, 2.24) is 20.2 Å². The molecule has 20 heavy (non-hydrogen) atoms. The van der Waals surface area contributed by atoms with Crippen molar-refractivity contribution in [3.05, 3.63) is 5.82 Å². The van der Waals surface area contributed by atoms with Crippen molar-refractivity contribution < 1.29 is 18.3 Å². The number of carboxylic acid groups (broad SMARTS) is 1. The van der Waals surface area contributed by atoms with Crippen molar-refractivity contribution in [2.45, 2.75) is 37.6 Å². The van der Waals surface area contributed by atoms with E-state index in [-0.39, 0.29) is 35.8 Å². The first-order valence-electron chi connectivity index (χ1n) is 6.66. The van der Waals surface area contributed by atoms with Crippen LogP contribution in [0.4, 0.5) is 0 Å². The van der Waals surface area contributed by atoms with E-state index in [1.54, 1.807) is 4.68 Å². The lowest BCUT2D eigenvalue weighted by atomic mass is 10.1. The summed E-state index contributed by atoms with van der Waals surface area (Å²) in [6.45, 7) is 0. The standard InChI is InChI=1S/C11H16N4O4S/c16-10(17)5-9(7-1-2-7)15-11(12-13-14-15)8-3-4-20(18,19)6-8/h7-9H,1-6H2,(H,16,17). The molecule has 3 rings (SSSR count). The number of carbonyl (C=O) groups is 1. The van der Waals surface area contributed by atoms with Gasteiger partial charge in [-0.05, 0) is 35.6 Å². The number of aliphatic carboxylic acids is 1. The summed E-state index contributed by atoms with van der Waals surface area (Å²) in [5, 5.41) is 20.5. The number of nitrogens with zero attached hydrogens (tertiary/aromatic N) is 4. The summed E-state index contributed by atoms with van der Waals surface area (Å²) in [5.41, 5.74) is 0. The van der Waals surface area contributed by atoms with Crippen LogP contribution >= 0.6 is 0 Å². The molecule has 2 fully saturated rings. The molecule has 1 saturated heterocycles. The smallest absolute Gasteiger partial charge is 0.305 e. The van der Waals surface area contributed by atoms with Gasteiger partial charge in [0.15, 0.2) is 15.7 Å². The lowest BCUT2D eigenvalue weighted by Gasteiger charge is -2.17. The number of rotatable bonds is 5. The van der Waals surface area contributed by atoms with Crippen molar-refractivity contribution in [3.63, 3.8) is 0 Å². The van der Waals surface area contributed by atoms with Crippen LogP contribution in [0.5, 0.6) is 0 Å². The lowest BCUT2D eigenvalue weighted by Crippen LogP contribution is -2.21. The van der Waals surface area contributed by atoms with Gasteiger partial charge in [-0.2, -0.15) is 0 Å². The average Bonchev–Trinajstić information content (AvgIpc) is 2.97. The molecule has 1 aliphatic heterocycles. The number of tetrazole rings is 1. The average molecular weight is 300 g/mol. The second-order valence-electron chi connectivity index (χ2n) is 5.58. The van der Waals surface area contributed by atoms with E-state index in [1.165, 1.54) is 0 Å².